The quantitative estimate of drug-likeness (QED) is 0.0438. The number of quaternary nitrogens is 1. The topological polar surface area (TPSA) is 0 Å². The number of hydrogen-bond acceptors (Lipinski definition) is 0. The van der Waals surface area contributed by atoms with Crippen LogP contribution in [0.5, 0.6) is 0 Å². The van der Waals surface area contributed by atoms with E-state index >= 15 is 0 Å². The SMILES string of the molecule is CCCCCCCCCCCCCCCCCCCC[N+](CC)(CC)CCCCCCCCCCCCCCCCCCCC.[Br-]. The highest BCUT2D eigenvalue weighted by atomic mass is 79.9. The predicted molar refractivity (Wildman–Crippen MR) is 209 cm³/mol. The number of rotatable bonds is 40. The first-order chi connectivity index (χ1) is 22.2. The Morgan fingerprint density at radius 3 is 0.522 bits per heavy atom. The lowest BCUT2D eigenvalue weighted by molar-refractivity contribution is -0.925. The molecule has 0 bridgehead atoms. The molecule has 0 N–H and O–H groups in total. The summed E-state index contributed by atoms with van der Waals surface area (Å²) in [4.78, 5) is 0. The van der Waals surface area contributed by atoms with Crippen molar-refractivity contribution in [3.05, 3.63) is 0 Å². The van der Waals surface area contributed by atoms with Crippen LogP contribution in [0.15, 0.2) is 0 Å². The summed E-state index contributed by atoms with van der Waals surface area (Å²) >= 11 is 0. The highest BCUT2D eigenvalue weighted by Crippen LogP contribution is 2.18. The third-order valence-electron chi connectivity index (χ3n) is 11.3. The van der Waals surface area contributed by atoms with Gasteiger partial charge < -0.3 is 21.5 Å². The summed E-state index contributed by atoms with van der Waals surface area (Å²) in [6, 6.07) is 0. The van der Waals surface area contributed by atoms with E-state index in [4.69, 9.17) is 0 Å². The molecule has 2 heteroatoms. The molecule has 0 saturated carbocycles. The average Bonchev–Trinajstić information content (AvgIpc) is 3.06. The second-order valence-electron chi connectivity index (χ2n) is 15.4. The van der Waals surface area contributed by atoms with Gasteiger partial charge in [-0.05, 0) is 39.5 Å². The number of unbranched alkanes of at least 4 members (excludes halogenated alkanes) is 34. The van der Waals surface area contributed by atoms with Gasteiger partial charge in [-0.25, -0.2) is 0 Å². The van der Waals surface area contributed by atoms with Crippen molar-refractivity contribution >= 4 is 0 Å². The van der Waals surface area contributed by atoms with Crippen LogP contribution in [0.3, 0.4) is 0 Å². The Balaban J connectivity index is 0. The second-order valence-corrected chi connectivity index (χ2v) is 15.4. The van der Waals surface area contributed by atoms with E-state index < -0.39 is 0 Å². The zero-order chi connectivity index (χ0) is 32.8. The van der Waals surface area contributed by atoms with Gasteiger partial charge >= 0.3 is 0 Å². The summed E-state index contributed by atoms with van der Waals surface area (Å²) < 4.78 is 1.39. The molecule has 0 fully saturated rings. The molecule has 0 rings (SSSR count). The van der Waals surface area contributed by atoms with Crippen molar-refractivity contribution in [2.45, 2.75) is 259 Å². The molecule has 0 aromatic heterocycles. The van der Waals surface area contributed by atoms with E-state index in [0.29, 0.717) is 0 Å². The zero-order valence-electron chi connectivity index (χ0n) is 33.1. The molecule has 0 aliphatic rings. The van der Waals surface area contributed by atoms with Crippen molar-refractivity contribution in [3.8, 4) is 0 Å². The average molecular weight is 715 g/mol. The monoisotopic (exact) mass is 714 g/mol. The normalized spacial score (nSPS) is 11.7. The molecule has 0 aliphatic heterocycles. The molecule has 280 valence electrons. The lowest BCUT2D eigenvalue weighted by Crippen LogP contribution is -3.00. The van der Waals surface area contributed by atoms with E-state index in [9.17, 15) is 0 Å². The van der Waals surface area contributed by atoms with Gasteiger partial charge in [0.25, 0.3) is 0 Å². The van der Waals surface area contributed by atoms with Gasteiger partial charge in [0, 0.05) is 0 Å². The van der Waals surface area contributed by atoms with Crippen LogP contribution in [0, 0.1) is 0 Å². The third-order valence-corrected chi connectivity index (χ3v) is 11.3. The maximum Gasteiger partial charge on any atom is 0.0786 e. The fourth-order valence-electron chi connectivity index (χ4n) is 7.67. The minimum atomic E-state index is 0. The molecule has 46 heavy (non-hydrogen) atoms. The summed E-state index contributed by atoms with van der Waals surface area (Å²) in [5.74, 6) is 0. The largest absolute Gasteiger partial charge is 1.00 e. The second kappa shape index (κ2) is 41.6. The van der Waals surface area contributed by atoms with Crippen LogP contribution in [0.4, 0.5) is 0 Å². The van der Waals surface area contributed by atoms with Gasteiger partial charge in [0.2, 0.25) is 0 Å². The van der Waals surface area contributed by atoms with Crippen molar-refractivity contribution in [1.82, 2.24) is 0 Å². The van der Waals surface area contributed by atoms with Crippen molar-refractivity contribution in [1.29, 1.82) is 0 Å². The molecule has 1 nitrogen and oxygen atoms in total. The maximum atomic E-state index is 2.45. The maximum absolute atomic E-state index is 2.45. The van der Waals surface area contributed by atoms with E-state index in [0.717, 1.165) is 0 Å². The highest BCUT2D eigenvalue weighted by Gasteiger charge is 2.21. The predicted octanol–water partition coefficient (Wildman–Crippen LogP) is 12.9. The fourth-order valence-corrected chi connectivity index (χ4v) is 7.67. The number of halogens is 1. The van der Waals surface area contributed by atoms with E-state index in [1.54, 1.807) is 0 Å². The lowest BCUT2D eigenvalue weighted by atomic mass is 10.0. The van der Waals surface area contributed by atoms with E-state index in [1.807, 2.05) is 0 Å². The van der Waals surface area contributed by atoms with Gasteiger partial charge in [0.1, 0.15) is 0 Å². The molecular formula is C44H92BrN. The van der Waals surface area contributed by atoms with Gasteiger partial charge in [-0.3, -0.25) is 0 Å². The first kappa shape index (κ1) is 48.6. The molecule has 0 unspecified atom stereocenters. The molecule has 0 saturated heterocycles. The Hall–Kier alpha value is 0.440. The first-order valence-electron chi connectivity index (χ1n) is 22.1. The minimum Gasteiger partial charge on any atom is -1.00 e. The Morgan fingerprint density at radius 1 is 0.217 bits per heavy atom. The number of hydrogen-bond donors (Lipinski definition) is 0. The van der Waals surface area contributed by atoms with Crippen LogP contribution < -0.4 is 17.0 Å². The molecule has 0 spiro atoms. The van der Waals surface area contributed by atoms with Crippen LogP contribution in [0.25, 0.3) is 0 Å². The molecule has 0 aromatic carbocycles. The Kier molecular flexibility index (Phi) is 43.9. The van der Waals surface area contributed by atoms with Crippen molar-refractivity contribution < 1.29 is 21.5 Å². The summed E-state index contributed by atoms with van der Waals surface area (Å²) in [7, 11) is 0. The van der Waals surface area contributed by atoms with Gasteiger partial charge in [-0.2, -0.15) is 0 Å². The third kappa shape index (κ3) is 35.7. The molecule has 0 atom stereocenters. The van der Waals surface area contributed by atoms with E-state index in [-0.39, 0.29) is 17.0 Å². The van der Waals surface area contributed by atoms with E-state index in [2.05, 4.69) is 27.7 Å². The minimum absolute atomic E-state index is 0. The summed E-state index contributed by atoms with van der Waals surface area (Å²) in [5.41, 5.74) is 0. The fraction of sp³-hybridized carbons (Fsp3) is 1.00. The molecule has 0 aliphatic carbocycles. The van der Waals surface area contributed by atoms with Crippen LogP contribution >= 0.6 is 0 Å². The number of nitrogens with zero attached hydrogens (tertiary/aromatic N) is 1. The van der Waals surface area contributed by atoms with Crippen molar-refractivity contribution in [2.75, 3.05) is 26.2 Å². The van der Waals surface area contributed by atoms with Gasteiger partial charge in [-0.1, -0.05) is 219 Å². The van der Waals surface area contributed by atoms with Gasteiger partial charge in [-0.15, -0.1) is 0 Å². The first-order valence-corrected chi connectivity index (χ1v) is 22.1. The molecule has 0 amide bonds. The van der Waals surface area contributed by atoms with Crippen LogP contribution in [-0.4, -0.2) is 30.7 Å². The molecule has 0 aromatic rings. The van der Waals surface area contributed by atoms with Crippen molar-refractivity contribution in [2.24, 2.45) is 0 Å². The highest BCUT2D eigenvalue weighted by molar-refractivity contribution is 4.53. The Bertz CT molecular complexity index is 474. The van der Waals surface area contributed by atoms with Crippen LogP contribution in [0.1, 0.15) is 259 Å². The van der Waals surface area contributed by atoms with Gasteiger partial charge in [0.05, 0.1) is 26.2 Å². The summed E-state index contributed by atoms with van der Waals surface area (Å²) in [6.45, 7) is 15.1. The van der Waals surface area contributed by atoms with Gasteiger partial charge in [0.15, 0.2) is 0 Å². The Labute approximate surface area is 305 Å². The Morgan fingerprint density at radius 2 is 0.370 bits per heavy atom. The van der Waals surface area contributed by atoms with Crippen LogP contribution in [-0.2, 0) is 0 Å². The van der Waals surface area contributed by atoms with E-state index in [1.165, 1.54) is 262 Å². The zero-order valence-corrected chi connectivity index (χ0v) is 34.7. The molecule has 0 radical (unpaired) electrons. The molecule has 0 heterocycles. The van der Waals surface area contributed by atoms with Crippen LogP contribution in [0.2, 0.25) is 0 Å². The lowest BCUT2D eigenvalue weighted by Gasteiger charge is -2.37. The molecular weight excluding hydrogens is 622 g/mol. The summed E-state index contributed by atoms with van der Waals surface area (Å²) in [6.07, 6.45) is 53.0. The standard InChI is InChI=1S/C44H92N.BrH/c1-5-9-11-13-15-17-19-21-23-25-27-29-31-33-35-37-39-41-43-45(7-3,8-4)44-42-40-38-36-34-32-30-28-26-24-22-20-18-16-14-12-10-6-2;/h5-44H2,1-4H3;1H/q+1;/p-1. The summed E-state index contributed by atoms with van der Waals surface area (Å²) in [5, 5.41) is 0. The smallest absolute Gasteiger partial charge is 0.0786 e. The van der Waals surface area contributed by atoms with Crippen molar-refractivity contribution in [3.63, 3.8) is 0 Å².